The number of aliphatic hydroxyl groups excluding tert-OH is 2. The molecule has 0 spiro atoms. The number of benzene rings is 11. The van der Waals surface area contributed by atoms with E-state index in [9.17, 15) is 17.6 Å². The fourth-order valence-electron chi connectivity index (χ4n) is 15.7. The molecule has 17 nitrogen and oxygen atoms in total. The molecular formula is C121H128F4Ir2N10O7S-4. The summed E-state index contributed by atoms with van der Waals surface area (Å²) in [6.07, 6.45) is 1.75. The zero-order chi connectivity index (χ0) is 139. The monoisotopic (exact) mass is 2370 g/mol. The molecule has 0 aliphatic carbocycles. The number of aryl methyl sites for hydroxylation is 4. The molecule has 9 heterocycles. The number of para-hydroxylation sites is 10. The van der Waals surface area contributed by atoms with Crippen molar-refractivity contribution < 1.29 is 149 Å². The molecule has 4 unspecified atom stereocenters. The first-order valence-corrected chi connectivity index (χ1v) is 45.1. The van der Waals surface area contributed by atoms with E-state index in [1.54, 1.807) is 129 Å². The van der Waals surface area contributed by atoms with E-state index in [0.29, 0.717) is 101 Å². The van der Waals surface area contributed by atoms with Gasteiger partial charge < -0.3 is 37.7 Å². The number of furan rings is 2. The van der Waals surface area contributed by atoms with Crippen LogP contribution in [0.25, 0.3) is 151 Å². The SMILES string of the molecule is CO.CO.O=S(=O)(O)C(F)(F)F.[2H]C(C)(C)c1cccc(C([2H])(C)C([2H])([2H])[2H])c1-n1c(-c2[c-]cccc2)nc2ccccc21.[2H]C(C)(C)c1cccc(C([2H])(C)C([2H])([2H])[2H])c1-n1c(-c2[c-]cccc2)nc2ccccc21.[2H]C([2H])([2H])C([2H])(C)c1cccc(C([2H])(C)C([2H])([2H])[2H])c1-n1c(-c2[c-]cccc2)nc2ccccc21.[2H]C([2H])([2H])c1ccc2c(n1)oc1c(-c3cc(C([2H])(C([2H])([2H])[2H])C([2H])([2H])[2H])c(C([2H])([2H])[2H])cn3)[c-]ccc12.[2H]C([2H])([2H])c1cnc(-c2cccc3c2oc2nc(C)ccc23)cc1C([2H])(C([2H])([2H])[2H])C([2H])([2H])[2H].[2H]CF.[HH].[Ir].[Ir]. The normalized spacial score (nSPS) is 18.4. The van der Waals surface area contributed by atoms with Gasteiger partial charge in [-0.3, -0.25) is 28.9 Å². The topological polar surface area (TPSA) is 226 Å². The number of fused-ring (bicyclic) bond motifs is 9. The second-order valence-electron chi connectivity index (χ2n) is 32.0. The standard InChI is InChI=1S/3C25H25N2.C21H20N2O.C21H19N2O.CHF3O3S.CH3F.2CH4O.2Ir.H2/c3*1-17(2)20-13-10-14-21(18(3)4)24(20)27-23-16-9-8-15-22(23)26-25(27)19-11-6-5-7-12-19;2*1-12(2)18-10-19(22-11-13(18)3)17-7-5-6-15-16-9-8-14(4)23-21(16)24-20(15)17;2-1(3,4)8(5,6)7;3*1-2;;;/h3*5-11,13-18H,1-4H3;5-12H,1-4H3;5-6,8-12H,1-4H3;(H,5,6,7);1H3;2*2H,1H3;;;1H/q3*-1;;-1;;;;;;;/i1D3,3D3,17D,18D;2*1D3,17D,18D;1D3,2D3,3D3,12D;1D3,2D3,3D3,4D3,12D;;1D;;;;;. The Labute approximate surface area is 936 Å². The maximum atomic E-state index is 10.7. The van der Waals surface area contributed by atoms with Crippen LogP contribution in [0.3, 0.4) is 0 Å². The van der Waals surface area contributed by atoms with Crippen molar-refractivity contribution in [3.63, 3.8) is 0 Å². The van der Waals surface area contributed by atoms with Gasteiger partial charge in [-0.05, 0) is 209 Å². The van der Waals surface area contributed by atoms with Crippen molar-refractivity contribution in [1.29, 1.82) is 0 Å². The summed E-state index contributed by atoms with van der Waals surface area (Å²) in [7, 11) is -4.84. The summed E-state index contributed by atoms with van der Waals surface area (Å²) in [5, 5.41) is 16.4. The largest absolute Gasteiger partial charge is 0.522 e. The maximum Gasteiger partial charge on any atom is 0.522 e. The molecule has 0 fully saturated rings. The number of hydrogen-bond donors (Lipinski definition) is 3. The number of hydrogen-bond acceptors (Lipinski definition) is 13. The molecule has 11 aromatic carbocycles. The fraction of sp³-hybridized carbons (Fsp3) is 0.264. The molecular weight excluding hydrogens is 2200 g/mol. The first-order chi connectivity index (χ1) is 85.0. The van der Waals surface area contributed by atoms with Crippen LogP contribution in [0.2, 0.25) is 0 Å². The van der Waals surface area contributed by atoms with Gasteiger partial charge in [0.2, 0.25) is 11.4 Å². The van der Waals surface area contributed by atoms with E-state index in [-0.39, 0.29) is 92.4 Å². The number of rotatable bonds is 16. The van der Waals surface area contributed by atoms with E-state index in [1.807, 2.05) is 137 Å². The molecule has 2 radical (unpaired) electrons. The Morgan fingerprint density at radius 3 is 1.08 bits per heavy atom. The van der Waals surface area contributed by atoms with Crippen molar-refractivity contribution in [1.82, 2.24) is 48.6 Å². The van der Waals surface area contributed by atoms with Crippen LogP contribution in [0.5, 0.6) is 0 Å². The summed E-state index contributed by atoms with van der Waals surface area (Å²) in [5.74, 6) is -15.0. The van der Waals surface area contributed by atoms with Crippen molar-refractivity contribution in [3.05, 3.63) is 371 Å². The van der Waals surface area contributed by atoms with Gasteiger partial charge >= 0.3 is 15.6 Å². The van der Waals surface area contributed by atoms with Crippen molar-refractivity contribution in [2.24, 2.45) is 0 Å². The molecule has 0 saturated heterocycles. The molecule has 20 rings (SSSR count). The van der Waals surface area contributed by atoms with E-state index >= 15 is 0 Å². The minimum absolute atomic E-state index is 0. The molecule has 24 heteroatoms. The van der Waals surface area contributed by atoms with Gasteiger partial charge in [-0.1, -0.05) is 230 Å². The van der Waals surface area contributed by atoms with Gasteiger partial charge in [0.1, 0.15) is 5.58 Å². The van der Waals surface area contributed by atoms with E-state index < -0.39 is 168 Å². The Bertz CT molecular complexity index is 9490. The molecule has 0 bridgehead atoms. The number of pyridine rings is 4. The van der Waals surface area contributed by atoms with Gasteiger partial charge in [-0.2, -0.15) is 21.6 Å². The number of alkyl halides is 4. The maximum absolute atomic E-state index is 10.7. The van der Waals surface area contributed by atoms with E-state index in [2.05, 4.69) is 44.2 Å². The Morgan fingerprint density at radius 2 is 0.717 bits per heavy atom. The predicted molar refractivity (Wildman–Crippen MR) is 579 cm³/mol. The molecule has 3 N–H and O–H groups in total. The van der Waals surface area contributed by atoms with E-state index in [1.165, 1.54) is 64.1 Å². The van der Waals surface area contributed by atoms with Gasteiger partial charge in [-0.25, -0.2) is 9.97 Å². The summed E-state index contributed by atoms with van der Waals surface area (Å²) in [6.45, 7) is -18.2. The molecule has 20 aromatic rings. The third-order valence-corrected chi connectivity index (χ3v) is 22.6. The third-order valence-electron chi connectivity index (χ3n) is 22.0. The average Bonchev–Trinajstić information content (AvgIpc) is 1.39. The van der Waals surface area contributed by atoms with Gasteiger partial charge in [0.05, 0.1) is 70.4 Å². The van der Waals surface area contributed by atoms with Crippen molar-refractivity contribution in [3.8, 4) is 73.7 Å². The van der Waals surface area contributed by atoms with Crippen LogP contribution in [0, 0.1) is 51.7 Å². The quantitative estimate of drug-likeness (QED) is 0.0354. The molecule has 760 valence electrons. The second-order valence-corrected chi connectivity index (χ2v) is 33.4. The van der Waals surface area contributed by atoms with Crippen LogP contribution in [0.15, 0.2) is 288 Å². The number of halogens is 4. The molecule has 145 heavy (non-hydrogen) atoms. The van der Waals surface area contributed by atoms with E-state index in [0.717, 1.165) is 83.0 Å². The predicted octanol–water partition coefficient (Wildman–Crippen LogP) is 32.0. The Hall–Kier alpha value is -13.1. The van der Waals surface area contributed by atoms with Crippen LogP contribution in [0.4, 0.5) is 17.6 Å². The number of aromatic nitrogens is 10. The minimum Gasteiger partial charge on any atom is -0.486 e. The van der Waals surface area contributed by atoms with Gasteiger partial charge in [-0.15, -0.1) is 126 Å². The average molecular weight is 2370 g/mol. The van der Waals surface area contributed by atoms with Crippen molar-refractivity contribution in [2.75, 3.05) is 21.4 Å². The van der Waals surface area contributed by atoms with Crippen molar-refractivity contribution in [2.45, 2.75) is 190 Å². The molecule has 0 aliphatic heterocycles. The van der Waals surface area contributed by atoms with Crippen LogP contribution >= 0.6 is 0 Å². The summed E-state index contributed by atoms with van der Waals surface area (Å²) < 4.78 is 421. The first-order valence-electron chi connectivity index (χ1n) is 64.8. The number of aliphatic hydroxyl groups is 2. The molecule has 0 saturated carbocycles. The van der Waals surface area contributed by atoms with Crippen LogP contribution < -0.4 is 0 Å². The Balaban J connectivity index is 0.000000247. The zero-order valence-corrected chi connectivity index (χ0v) is 85.4. The summed E-state index contributed by atoms with van der Waals surface area (Å²) in [4.78, 5) is 31.2. The summed E-state index contributed by atoms with van der Waals surface area (Å²) in [6, 6.07) is 88.8. The fourth-order valence-corrected chi connectivity index (χ4v) is 15.7. The van der Waals surface area contributed by atoms with Gasteiger partial charge in [0.25, 0.3) is 0 Å². The molecule has 0 aliphatic rings. The second kappa shape index (κ2) is 51.1. The smallest absolute Gasteiger partial charge is 0.486 e. The van der Waals surface area contributed by atoms with Crippen molar-refractivity contribution >= 4 is 87.4 Å². The summed E-state index contributed by atoms with van der Waals surface area (Å²) >= 11 is 0. The van der Waals surface area contributed by atoms with Crippen LogP contribution in [-0.4, -0.2) is 98.7 Å². The number of imidazole rings is 3. The Morgan fingerprint density at radius 1 is 0.379 bits per heavy atom. The molecule has 0 amide bonds. The van der Waals surface area contributed by atoms with Crippen LogP contribution in [-0.2, 0) is 50.3 Å². The van der Waals surface area contributed by atoms with Gasteiger partial charge in [0, 0.05) is 175 Å². The van der Waals surface area contributed by atoms with Gasteiger partial charge in [0.15, 0.2) is 0 Å². The molecule has 9 aromatic heterocycles. The third kappa shape index (κ3) is 25.7. The molecule has 4 atom stereocenters. The number of nitrogens with zero attached hydrogens (tertiary/aromatic N) is 10. The zero-order valence-electron chi connectivity index (χ0n) is 122. The summed E-state index contributed by atoms with van der Waals surface area (Å²) in [5.41, 5.74) is 3.27. The first kappa shape index (κ1) is 67.5. The van der Waals surface area contributed by atoms with E-state index in [4.69, 9.17) is 105 Å². The minimum atomic E-state index is -5.84. The van der Waals surface area contributed by atoms with Crippen LogP contribution in [0.1, 0.15) is 283 Å². The Kier molecular flexibility index (Phi) is 23.8.